The summed E-state index contributed by atoms with van der Waals surface area (Å²) >= 11 is 0. The third kappa shape index (κ3) is 3.16. The Morgan fingerprint density at radius 1 is 1.19 bits per heavy atom. The summed E-state index contributed by atoms with van der Waals surface area (Å²) in [6.07, 6.45) is 0.999. The molecular formula is C15H14F2N2O2. The quantitative estimate of drug-likeness (QED) is 0.944. The minimum Gasteiger partial charge on any atom is -0.496 e. The number of amides is 1. The first-order valence-corrected chi connectivity index (χ1v) is 6.20. The van der Waals surface area contributed by atoms with Crippen LogP contribution in [-0.4, -0.2) is 18.0 Å². The maximum absolute atomic E-state index is 14.0. The second kappa shape index (κ2) is 5.87. The van der Waals surface area contributed by atoms with Gasteiger partial charge in [-0.2, -0.15) is 0 Å². The van der Waals surface area contributed by atoms with Crippen LogP contribution in [0.3, 0.4) is 0 Å². The first-order valence-electron chi connectivity index (χ1n) is 6.20. The smallest absolute Gasteiger partial charge is 0.222 e. The van der Waals surface area contributed by atoms with Gasteiger partial charge in [0.25, 0.3) is 0 Å². The largest absolute Gasteiger partial charge is 0.496 e. The Morgan fingerprint density at radius 3 is 2.52 bits per heavy atom. The fraction of sp³-hybridized carbons (Fsp3) is 0.200. The number of benzene rings is 1. The van der Waals surface area contributed by atoms with Crippen LogP contribution < -0.4 is 10.1 Å². The number of aromatic nitrogens is 1. The number of ether oxygens (including phenoxy) is 1. The monoisotopic (exact) mass is 292 g/mol. The number of nitrogens with one attached hydrogen (secondary N) is 1. The van der Waals surface area contributed by atoms with Gasteiger partial charge in [0.2, 0.25) is 5.91 Å². The van der Waals surface area contributed by atoms with E-state index in [9.17, 15) is 13.6 Å². The summed E-state index contributed by atoms with van der Waals surface area (Å²) in [7, 11) is 1.38. The molecule has 1 amide bonds. The molecule has 0 aliphatic heterocycles. The van der Waals surface area contributed by atoms with Gasteiger partial charge < -0.3 is 10.1 Å². The zero-order valence-electron chi connectivity index (χ0n) is 11.8. The van der Waals surface area contributed by atoms with Crippen LogP contribution in [0.25, 0.3) is 11.1 Å². The van der Waals surface area contributed by atoms with Crippen LogP contribution >= 0.6 is 0 Å². The predicted molar refractivity (Wildman–Crippen MR) is 75.2 cm³/mol. The fourth-order valence-corrected chi connectivity index (χ4v) is 1.94. The van der Waals surface area contributed by atoms with E-state index in [0.29, 0.717) is 11.1 Å². The number of methoxy groups -OCH3 is 1. The van der Waals surface area contributed by atoms with Gasteiger partial charge in [0.1, 0.15) is 23.2 Å². The van der Waals surface area contributed by atoms with E-state index in [1.807, 2.05) is 0 Å². The summed E-state index contributed by atoms with van der Waals surface area (Å²) in [5, 5.41) is 2.47. The molecule has 4 nitrogen and oxygen atoms in total. The number of nitrogens with zero attached hydrogens (tertiary/aromatic N) is 1. The number of pyridine rings is 1. The van der Waals surface area contributed by atoms with E-state index in [4.69, 9.17) is 4.74 Å². The van der Waals surface area contributed by atoms with Crippen molar-refractivity contribution < 1.29 is 18.3 Å². The van der Waals surface area contributed by atoms with Gasteiger partial charge in [0, 0.05) is 24.1 Å². The molecule has 0 aliphatic carbocycles. The molecule has 0 bridgehead atoms. The number of anilines is 1. The maximum atomic E-state index is 14.0. The lowest BCUT2D eigenvalue weighted by Crippen LogP contribution is -2.08. The zero-order valence-corrected chi connectivity index (χ0v) is 11.8. The van der Waals surface area contributed by atoms with E-state index in [1.165, 1.54) is 32.2 Å². The summed E-state index contributed by atoms with van der Waals surface area (Å²) in [4.78, 5) is 14.8. The number of halogens is 2. The van der Waals surface area contributed by atoms with Crippen molar-refractivity contribution in [3.63, 3.8) is 0 Å². The Labute approximate surface area is 120 Å². The van der Waals surface area contributed by atoms with Crippen molar-refractivity contribution in [2.75, 3.05) is 12.4 Å². The van der Waals surface area contributed by atoms with Crippen molar-refractivity contribution >= 4 is 11.7 Å². The Balaban J connectivity index is 2.60. The van der Waals surface area contributed by atoms with Crippen LogP contribution in [0.1, 0.15) is 12.5 Å². The van der Waals surface area contributed by atoms with E-state index in [0.717, 1.165) is 6.20 Å². The van der Waals surface area contributed by atoms with Crippen molar-refractivity contribution in [1.29, 1.82) is 0 Å². The number of hydrogen-bond donors (Lipinski definition) is 1. The molecular weight excluding hydrogens is 278 g/mol. The highest BCUT2D eigenvalue weighted by atomic mass is 19.1. The number of carbonyl (C=O) groups excluding carboxylic acids is 1. The highest BCUT2D eigenvalue weighted by Crippen LogP contribution is 2.34. The Hall–Kier alpha value is -2.50. The summed E-state index contributed by atoms with van der Waals surface area (Å²) in [6, 6.07) is 4.07. The molecule has 1 N–H and O–H groups in total. The Morgan fingerprint density at radius 2 is 1.90 bits per heavy atom. The summed E-state index contributed by atoms with van der Waals surface area (Å²) in [5.41, 5.74) is 0.930. The molecule has 0 aliphatic rings. The van der Waals surface area contributed by atoms with E-state index >= 15 is 0 Å². The second-order valence-electron chi connectivity index (χ2n) is 4.53. The summed E-state index contributed by atoms with van der Waals surface area (Å²) < 4.78 is 32.7. The molecule has 110 valence electrons. The Bertz CT molecular complexity index is 702. The topological polar surface area (TPSA) is 51.2 Å². The lowest BCUT2D eigenvalue weighted by Gasteiger charge is -2.12. The van der Waals surface area contributed by atoms with E-state index in [1.54, 1.807) is 6.92 Å². The number of hydrogen-bond acceptors (Lipinski definition) is 3. The van der Waals surface area contributed by atoms with Crippen LogP contribution in [0.5, 0.6) is 5.75 Å². The van der Waals surface area contributed by atoms with Gasteiger partial charge in [0.15, 0.2) is 0 Å². The standard InChI is InChI=1S/C15H14F2N2O2/c1-8-4-11(14(21-3)6-12(8)16)10-5-15(19-9(2)20)18-7-13(10)17/h4-7H,1-3H3,(H,18,19,20). The Kier molecular flexibility index (Phi) is 4.16. The first-order chi connectivity index (χ1) is 9.92. The first kappa shape index (κ1) is 14.9. The summed E-state index contributed by atoms with van der Waals surface area (Å²) in [5.74, 6) is -0.928. The van der Waals surface area contributed by atoms with Crippen molar-refractivity contribution in [3.05, 3.63) is 41.6 Å². The number of carbonyl (C=O) groups is 1. The molecule has 0 saturated heterocycles. The number of rotatable bonds is 3. The molecule has 0 atom stereocenters. The third-order valence-electron chi connectivity index (χ3n) is 2.93. The lowest BCUT2D eigenvalue weighted by atomic mass is 10.0. The van der Waals surface area contributed by atoms with Crippen molar-refractivity contribution in [1.82, 2.24) is 4.98 Å². The van der Waals surface area contributed by atoms with Gasteiger partial charge in [-0.25, -0.2) is 13.8 Å². The predicted octanol–water partition coefficient (Wildman–Crippen LogP) is 3.30. The van der Waals surface area contributed by atoms with Gasteiger partial charge in [-0.15, -0.1) is 0 Å². The average Bonchev–Trinajstić information content (AvgIpc) is 2.43. The average molecular weight is 292 g/mol. The minimum atomic E-state index is -0.589. The van der Waals surface area contributed by atoms with E-state index in [-0.39, 0.29) is 23.0 Å². The highest BCUT2D eigenvalue weighted by molar-refractivity contribution is 5.88. The van der Waals surface area contributed by atoms with Gasteiger partial charge in [-0.1, -0.05) is 0 Å². The van der Waals surface area contributed by atoms with Gasteiger partial charge in [0.05, 0.1) is 13.3 Å². The fourth-order valence-electron chi connectivity index (χ4n) is 1.94. The van der Waals surface area contributed by atoms with Crippen LogP contribution in [-0.2, 0) is 4.79 Å². The van der Waals surface area contributed by atoms with Crippen LogP contribution in [0.15, 0.2) is 24.4 Å². The molecule has 1 aromatic carbocycles. The van der Waals surface area contributed by atoms with Crippen molar-refractivity contribution in [2.45, 2.75) is 13.8 Å². The van der Waals surface area contributed by atoms with E-state index < -0.39 is 11.6 Å². The van der Waals surface area contributed by atoms with Crippen molar-refractivity contribution in [2.24, 2.45) is 0 Å². The van der Waals surface area contributed by atoms with E-state index in [2.05, 4.69) is 10.3 Å². The second-order valence-corrected chi connectivity index (χ2v) is 4.53. The zero-order chi connectivity index (χ0) is 15.6. The summed E-state index contributed by atoms with van der Waals surface area (Å²) in [6.45, 7) is 2.90. The molecule has 0 radical (unpaired) electrons. The van der Waals surface area contributed by atoms with Gasteiger partial charge in [-0.3, -0.25) is 4.79 Å². The molecule has 2 aromatic rings. The molecule has 0 fully saturated rings. The minimum absolute atomic E-state index is 0.175. The molecule has 0 spiro atoms. The van der Waals surface area contributed by atoms with Gasteiger partial charge in [-0.05, 0) is 24.6 Å². The maximum Gasteiger partial charge on any atom is 0.222 e. The molecule has 21 heavy (non-hydrogen) atoms. The van der Waals surface area contributed by atoms with Crippen molar-refractivity contribution in [3.8, 4) is 16.9 Å². The lowest BCUT2D eigenvalue weighted by molar-refractivity contribution is -0.114. The van der Waals surface area contributed by atoms with Gasteiger partial charge >= 0.3 is 0 Å². The molecule has 0 unspecified atom stereocenters. The normalized spacial score (nSPS) is 10.3. The highest BCUT2D eigenvalue weighted by Gasteiger charge is 2.15. The third-order valence-corrected chi connectivity index (χ3v) is 2.93. The molecule has 2 rings (SSSR count). The van der Waals surface area contributed by atoms with Crippen LogP contribution in [0, 0.1) is 18.6 Å². The number of aryl methyl sites for hydroxylation is 1. The molecule has 6 heteroatoms. The molecule has 1 aromatic heterocycles. The molecule has 0 saturated carbocycles. The van der Waals surface area contributed by atoms with Crippen LogP contribution in [0.2, 0.25) is 0 Å². The van der Waals surface area contributed by atoms with Crippen LogP contribution in [0.4, 0.5) is 14.6 Å². The molecule has 1 heterocycles. The SMILES string of the molecule is COc1cc(F)c(C)cc1-c1cc(NC(C)=O)ncc1F.